The SMILES string of the molecule is CS(=O)(=O)OCc1cnc(N2CCC(=O)NC2=O)cc1F. The number of nitrogens with one attached hydrogen (secondary N) is 1. The predicted molar refractivity (Wildman–Crippen MR) is 69.3 cm³/mol. The summed E-state index contributed by atoms with van der Waals surface area (Å²) in [4.78, 5) is 27.6. The molecule has 114 valence electrons. The van der Waals surface area contributed by atoms with Gasteiger partial charge in [-0.3, -0.25) is 19.2 Å². The minimum absolute atomic E-state index is 0.0283. The van der Waals surface area contributed by atoms with Gasteiger partial charge in [-0.25, -0.2) is 14.2 Å². The van der Waals surface area contributed by atoms with Gasteiger partial charge in [-0.2, -0.15) is 8.42 Å². The average molecular weight is 317 g/mol. The highest BCUT2D eigenvalue weighted by Gasteiger charge is 2.25. The number of urea groups is 1. The molecule has 0 spiro atoms. The van der Waals surface area contributed by atoms with Crippen molar-refractivity contribution in [3.05, 3.63) is 23.6 Å². The van der Waals surface area contributed by atoms with E-state index < -0.39 is 34.5 Å². The van der Waals surface area contributed by atoms with E-state index in [2.05, 4.69) is 14.5 Å². The van der Waals surface area contributed by atoms with Gasteiger partial charge in [0.25, 0.3) is 10.1 Å². The summed E-state index contributed by atoms with van der Waals surface area (Å²) in [5.74, 6) is -1.14. The molecule has 2 rings (SSSR count). The Morgan fingerprint density at radius 2 is 2.19 bits per heavy atom. The van der Waals surface area contributed by atoms with Crippen LogP contribution in [-0.4, -0.2) is 38.1 Å². The highest BCUT2D eigenvalue weighted by Crippen LogP contribution is 2.18. The molecule has 0 aromatic carbocycles. The molecule has 0 aliphatic carbocycles. The van der Waals surface area contributed by atoms with Crippen LogP contribution in [0.25, 0.3) is 0 Å². The number of imide groups is 1. The van der Waals surface area contributed by atoms with Crippen molar-refractivity contribution in [1.29, 1.82) is 0 Å². The molecule has 1 N–H and O–H groups in total. The van der Waals surface area contributed by atoms with Crippen molar-refractivity contribution in [1.82, 2.24) is 10.3 Å². The van der Waals surface area contributed by atoms with Crippen molar-refractivity contribution in [3.63, 3.8) is 0 Å². The molecule has 1 aliphatic heterocycles. The molecule has 1 saturated heterocycles. The van der Waals surface area contributed by atoms with Gasteiger partial charge >= 0.3 is 6.03 Å². The molecule has 8 nitrogen and oxygen atoms in total. The molecule has 1 fully saturated rings. The standard InChI is InChI=1S/C11H12FN3O5S/c1-21(18,19)20-6-7-5-13-9(4-8(7)12)15-3-2-10(16)14-11(15)17/h4-5H,2-3,6H2,1H3,(H,14,16,17). The topological polar surface area (TPSA) is 106 Å². The van der Waals surface area contributed by atoms with Gasteiger partial charge in [-0.05, 0) is 0 Å². The van der Waals surface area contributed by atoms with Crippen molar-refractivity contribution < 1.29 is 26.6 Å². The maximum atomic E-state index is 13.8. The number of hydrogen-bond donors (Lipinski definition) is 1. The molecule has 0 radical (unpaired) electrons. The zero-order valence-electron chi connectivity index (χ0n) is 11.0. The fraction of sp³-hybridized carbons (Fsp3) is 0.364. The van der Waals surface area contributed by atoms with Crippen molar-refractivity contribution >= 4 is 27.9 Å². The first-order valence-corrected chi connectivity index (χ1v) is 7.68. The quantitative estimate of drug-likeness (QED) is 0.792. The van der Waals surface area contributed by atoms with Crippen LogP contribution in [0.15, 0.2) is 12.3 Å². The van der Waals surface area contributed by atoms with Gasteiger partial charge in [0.2, 0.25) is 5.91 Å². The van der Waals surface area contributed by atoms with Gasteiger partial charge in [0.05, 0.1) is 12.9 Å². The molecular weight excluding hydrogens is 305 g/mol. The first kappa shape index (κ1) is 15.3. The number of carbonyl (C=O) groups is 2. The summed E-state index contributed by atoms with van der Waals surface area (Å²) < 4.78 is 40.0. The van der Waals surface area contributed by atoms with Crippen molar-refractivity contribution in [2.24, 2.45) is 0 Å². The zero-order valence-corrected chi connectivity index (χ0v) is 11.8. The van der Waals surface area contributed by atoms with E-state index >= 15 is 0 Å². The third kappa shape index (κ3) is 3.95. The molecule has 0 unspecified atom stereocenters. The van der Waals surface area contributed by atoms with E-state index in [0.717, 1.165) is 23.4 Å². The molecule has 3 amide bonds. The van der Waals surface area contributed by atoms with Crippen LogP contribution in [-0.2, 0) is 25.7 Å². The second kappa shape index (κ2) is 5.74. The van der Waals surface area contributed by atoms with Crippen LogP contribution in [0.3, 0.4) is 0 Å². The van der Waals surface area contributed by atoms with Crippen LogP contribution in [0.4, 0.5) is 15.0 Å². The van der Waals surface area contributed by atoms with E-state index in [1.54, 1.807) is 0 Å². The summed E-state index contributed by atoms with van der Waals surface area (Å²) in [5, 5.41) is 2.09. The van der Waals surface area contributed by atoms with E-state index in [1.807, 2.05) is 0 Å². The fourth-order valence-corrected chi connectivity index (χ4v) is 2.00. The molecule has 1 aliphatic rings. The van der Waals surface area contributed by atoms with Gasteiger partial charge in [0, 0.05) is 30.8 Å². The first-order valence-electron chi connectivity index (χ1n) is 5.86. The van der Waals surface area contributed by atoms with Crippen LogP contribution < -0.4 is 10.2 Å². The molecule has 0 atom stereocenters. The maximum Gasteiger partial charge on any atom is 0.329 e. The Bertz CT molecular complexity index is 691. The average Bonchev–Trinajstić information content (AvgIpc) is 2.36. The number of nitrogens with zero attached hydrogens (tertiary/aromatic N) is 2. The number of rotatable bonds is 4. The van der Waals surface area contributed by atoms with Crippen LogP contribution in [0, 0.1) is 5.82 Å². The maximum absolute atomic E-state index is 13.8. The van der Waals surface area contributed by atoms with Crippen molar-refractivity contribution in [3.8, 4) is 0 Å². The molecule has 1 aromatic rings. The lowest BCUT2D eigenvalue weighted by molar-refractivity contribution is -0.120. The summed E-state index contributed by atoms with van der Waals surface area (Å²) in [5.41, 5.74) is -0.0577. The Hall–Kier alpha value is -2.07. The van der Waals surface area contributed by atoms with Crippen LogP contribution in [0.2, 0.25) is 0 Å². The van der Waals surface area contributed by atoms with Gasteiger partial charge in [-0.15, -0.1) is 0 Å². The third-order valence-electron chi connectivity index (χ3n) is 2.67. The Morgan fingerprint density at radius 1 is 1.48 bits per heavy atom. The van der Waals surface area contributed by atoms with E-state index in [4.69, 9.17) is 0 Å². The fourth-order valence-electron chi connectivity index (χ4n) is 1.66. The van der Waals surface area contributed by atoms with Gasteiger partial charge in [-0.1, -0.05) is 0 Å². The molecule has 0 bridgehead atoms. The highest BCUT2D eigenvalue weighted by atomic mass is 32.2. The Balaban J connectivity index is 2.15. The number of hydrogen-bond acceptors (Lipinski definition) is 6. The number of halogens is 1. The van der Waals surface area contributed by atoms with Crippen molar-refractivity contribution in [2.75, 3.05) is 17.7 Å². The lowest BCUT2D eigenvalue weighted by Crippen LogP contribution is -2.49. The summed E-state index contributed by atoms with van der Waals surface area (Å²) in [6.45, 7) is -0.390. The molecule has 10 heteroatoms. The minimum atomic E-state index is -3.69. The summed E-state index contributed by atoms with van der Waals surface area (Å²) >= 11 is 0. The highest BCUT2D eigenvalue weighted by molar-refractivity contribution is 7.85. The molecule has 2 heterocycles. The van der Waals surface area contributed by atoms with E-state index in [-0.39, 0.29) is 24.3 Å². The Morgan fingerprint density at radius 3 is 2.76 bits per heavy atom. The normalized spacial score (nSPS) is 16.0. The Kier molecular flexibility index (Phi) is 4.19. The molecule has 0 saturated carbocycles. The Labute approximate surface area is 120 Å². The van der Waals surface area contributed by atoms with Crippen LogP contribution in [0.1, 0.15) is 12.0 Å². The first-order chi connectivity index (χ1) is 9.76. The largest absolute Gasteiger partial charge is 0.329 e. The smallest absolute Gasteiger partial charge is 0.278 e. The molecule has 21 heavy (non-hydrogen) atoms. The second-order valence-corrected chi connectivity index (χ2v) is 6.00. The van der Waals surface area contributed by atoms with Crippen LogP contribution in [0.5, 0.6) is 0 Å². The zero-order chi connectivity index (χ0) is 15.6. The second-order valence-electron chi connectivity index (χ2n) is 4.36. The minimum Gasteiger partial charge on any atom is -0.278 e. The molecular formula is C11H12FN3O5S. The number of carbonyl (C=O) groups excluding carboxylic acids is 2. The van der Waals surface area contributed by atoms with Crippen molar-refractivity contribution in [2.45, 2.75) is 13.0 Å². The lowest BCUT2D eigenvalue weighted by atomic mass is 10.2. The predicted octanol–water partition coefficient (Wildman–Crippen LogP) is 0.143. The van der Waals surface area contributed by atoms with Crippen LogP contribution >= 0.6 is 0 Å². The summed E-state index contributed by atoms with van der Waals surface area (Å²) in [6, 6.07) is 0.300. The van der Waals surface area contributed by atoms with E-state index in [0.29, 0.717) is 0 Å². The number of pyridine rings is 1. The lowest BCUT2D eigenvalue weighted by Gasteiger charge is -2.25. The number of aromatic nitrogens is 1. The number of anilines is 1. The monoisotopic (exact) mass is 317 g/mol. The van der Waals surface area contributed by atoms with E-state index in [9.17, 15) is 22.4 Å². The van der Waals surface area contributed by atoms with Gasteiger partial charge < -0.3 is 0 Å². The summed E-state index contributed by atoms with van der Waals surface area (Å²) in [6.07, 6.45) is 2.02. The summed E-state index contributed by atoms with van der Waals surface area (Å²) in [7, 11) is -3.69. The van der Waals surface area contributed by atoms with E-state index in [1.165, 1.54) is 0 Å². The van der Waals surface area contributed by atoms with Gasteiger partial charge in [0.15, 0.2) is 0 Å². The molecule has 1 aromatic heterocycles. The number of amides is 3. The van der Waals surface area contributed by atoms with Gasteiger partial charge in [0.1, 0.15) is 11.6 Å². The third-order valence-corrected chi connectivity index (χ3v) is 3.22.